The van der Waals surface area contributed by atoms with Crippen LogP contribution in [0.25, 0.3) is 11.3 Å². The number of hydrogen-bond acceptors (Lipinski definition) is 4. The van der Waals surface area contributed by atoms with Crippen molar-refractivity contribution in [2.24, 2.45) is 0 Å². The fourth-order valence-electron chi connectivity index (χ4n) is 1.34. The number of ether oxygens (including phenoxy) is 1. The first-order valence-electron chi connectivity index (χ1n) is 4.50. The molecule has 0 aliphatic rings. The number of methoxy groups -OCH3 is 1. The van der Waals surface area contributed by atoms with E-state index in [0.29, 0.717) is 11.4 Å². The molecule has 0 saturated carbocycles. The Morgan fingerprint density at radius 3 is 2.60 bits per heavy atom. The van der Waals surface area contributed by atoms with Crippen LogP contribution in [0.5, 0.6) is 5.75 Å². The van der Waals surface area contributed by atoms with Gasteiger partial charge in [-0.1, -0.05) is 0 Å². The highest BCUT2D eigenvalue weighted by Crippen LogP contribution is 2.22. The Hall–Kier alpha value is -1.88. The zero-order valence-electron chi connectivity index (χ0n) is 8.27. The normalized spacial score (nSPS) is 10.3. The Labute approximate surface area is 86.7 Å². The second-order valence-electron chi connectivity index (χ2n) is 3.01. The summed E-state index contributed by atoms with van der Waals surface area (Å²) in [5, 5.41) is 19.3. The van der Waals surface area contributed by atoms with Gasteiger partial charge in [-0.2, -0.15) is 15.4 Å². The number of aliphatic hydroxyl groups excluding tert-OH is 1. The summed E-state index contributed by atoms with van der Waals surface area (Å²) in [5.74, 6) is 0.785. The number of H-pyrrole nitrogens is 1. The third kappa shape index (κ3) is 1.82. The van der Waals surface area contributed by atoms with E-state index in [2.05, 4.69) is 15.4 Å². The quantitative estimate of drug-likeness (QED) is 0.783. The van der Waals surface area contributed by atoms with Crippen LogP contribution in [-0.4, -0.2) is 27.6 Å². The molecule has 0 spiro atoms. The maximum absolute atomic E-state index is 9.02. The Kier molecular flexibility index (Phi) is 2.64. The smallest absolute Gasteiger partial charge is 0.118 e. The lowest BCUT2D eigenvalue weighted by Crippen LogP contribution is -1.88. The molecular weight excluding hydrogens is 194 g/mol. The van der Waals surface area contributed by atoms with Crippen LogP contribution in [0.15, 0.2) is 24.3 Å². The van der Waals surface area contributed by atoms with Gasteiger partial charge in [-0.25, -0.2) is 0 Å². The van der Waals surface area contributed by atoms with E-state index in [9.17, 15) is 0 Å². The van der Waals surface area contributed by atoms with Crippen molar-refractivity contribution in [1.82, 2.24) is 15.4 Å². The minimum atomic E-state index is -0.127. The van der Waals surface area contributed by atoms with Gasteiger partial charge in [-0.05, 0) is 24.3 Å². The number of nitrogens with one attached hydrogen (secondary N) is 1. The average molecular weight is 205 g/mol. The van der Waals surface area contributed by atoms with Crippen LogP contribution >= 0.6 is 0 Å². The molecule has 1 aromatic carbocycles. The van der Waals surface area contributed by atoms with Gasteiger partial charge in [-0.3, -0.25) is 0 Å². The molecule has 2 N–H and O–H groups in total. The van der Waals surface area contributed by atoms with Gasteiger partial charge in [0, 0.05) is 5.56 Å². The highest BCUT2D eigenvalue weighted by Gasteiger charge is 2.08. The van der Waals surface area contributed by atoms with Crippen LogP contribution in [-0.2, 0) is 6.61 Å². The number of aliphatic hydroxyl groups is 1. The molecule has 0 aliphatic heterocycles. The van der Waals surface area contributed by atoms with E-state index in [-0.39, 0.29) is 6.61 Å². The van der Waals surface area contributed by atoms with E-state index in [4.69, 9.17) is 9.84 Å². The first kappa shape index (κ1) is 9.67. The Bertz CT molecular complexity index is 436. The highest BCUT2D eigenvalue weighted by atomic mass is 16.5. The molecule has 0 saturated heterocycles. The van der Waals surface area contributed by atoms with E-state index in [0.717, 1.165) is 11.3 Å². The van der Waals surface area contributed by atoms with E-state index in [1.807, 2.05) is 24.3 Å². The van der Waals surface area contributed by atoms with Crippen LogP contribution in [0.2, 0.25) is 0 Å². The molecule has 15 heavy (non-hydrogen) atoms. The highest BCUT2D eigenvalue weighted by molar-refractivity contribution is 5.61. The lowest BCUT2D eigenvalue weighted by Gasteiger charge is -2.01. The number of aromatic amines is 1. The van der Waals surface area contributed by atoms with Crippen molar-refractivity contribution in [2.75, 3.05) is 7.11 Å². The molecule has 0 aliphatic carbocycles. The molecule has 1 heterocycles. The van der Waals surface area contributed by atoms with E-state index < -0.39 is 0 Å². The maximum Gasteiger partial charge on any atom is 0.118 e. The van der Waals surface area contributed by atoms with Gasteiger partial charge in [0.1, 0.15) is 17.1 Å². The van der Waals surface area contributed by atoms with Crippen molar-refractivity contribution in [1.29, 1.82) is 0 Å². The first-order valence-corrected chi connectivity index (χ1v) is 4.50. The van der Waals surface area contributed by atoms with Crippen LogP contribution in [0.3, 0.4) is 0 Å². The third-order valence-corrected chi connectivity index (χ3v) is 2.13. The fraction of sp³-hybridized carbons (Fsp3) is 0.200. The molecule has 0 unspecified atom stereocenters. The Balaban J connectivity index is 2.37. The van der Waals surface area contributed by atoms with Crippen molar-refractivity contribution in [3.8, 4) is 17.0 Å². The van der Waals surface area contributed by atoms with Crippen molar-refractivity contribution in [2.45, 2.75) is 6.61 Å². The van der Waals surface area contributed by atoms with E-state index in [1.54, 1.807) is 7.11 Å². The van der Waals surface area contributed by atoms with Gasteiger partial charge in [0.2, 0.25) is 0 Å². The molecule has 0 fully saturated rings. The van der Waals surface area contributed by atoms with Crippen LogP contribution in [0.1, 0.15) is 5.69 Å². The predicted molar refractivity (Wildman–Crippen MR) is 54.3 cm³/mol. The molecular formula is C10H11N3O2. The minimum absolute atomic E-state index is 0.127. The van der Waals surface area contributed by atoms with Gasteiger partial charge in [0.05, 0.1) is 13.7 Å². The molecule has 0 atom stereocenters. The van der Waals surface area contributed by atoms with Crippen molar-refractivity contribution in [3.63, 3.8) is 0 Å². The summed E-state index contributed by atoms with van der Waals surface area (Å²) in [4.78, 5) is 0. The zero-order chi connectivity index (χ0) is 10.7. The Morgan fingerprint density at radius 2 is 2.00 bits per heavy atom. The van der Waals surface area contributed by atoms with Crippen LogP contribution in [0.4, 0.5) is 0 Å². The summed E-state index contributed by atoms with van der Waals surface area (Å²) in [6.07, 6.45) is 0. The topological polar surface area (TPSA) is 71.0 Å². The van der Waals surface area contributed by atoms with Crippen LogP contribution in [0, 0.1) is 0 Å². The number of hydrogen-bond donors (Lipinski definition) is 2. The second kappa shape index (κ2) is 4.10. The number of benzene rings is 1. The van der Waals surface area contributed by atoms with Gasteiger partial charge in [0.15, 0.2) is 0 Å². The summed E-state index contributed by atoms with van der Waals surface area (Å²) in [5.41, 5.74) is 2.11. The maximum atomic E-state index is 9.02. The van der Waals surface area contributed by atoms with Gasteiger partial charge in [0.25, 0.3) is 0 Å². The minimum Gasteiger partial charge on any atom is -0.497 e. The molecule has 5 heteroatoms. The SMILES string of the molecule is COc1ccc(-c2n[nH]nc2CO)cc1. The van der Waals surface area contributed by atoms with Crippen LogP contribution < -0.4 is 4.74 Å². The molecule has 0 radical (unpaired) electrons. The number of rotatable bonds is 3. The molecule has 78 valence electrons. The molecule has 2 aromatic rings. The second-order valence-corrected chi connectivity index (χ2v) is 3.01. The zero-order valence-corrected chi connectivity index (χ0v) is 8.27. The molecule has 2 rings (SSSR count). The van der Waals surface area contributed by atoms with E-state index in [1.165, 1.54) is 0 Å². The fourth-order valence-corrected chi connectivity index (χ4v) is 1.34. The van der Waals surface area contributed by atoms with Gasteiger partial charge >= 0.3 is 0 Å². The number of aromatic nitrogens is 3. The van der Waals surface area contributed by atoms with E-state index >= 15 is 0 Å². The lowest BCUT2D eigenvalue weighted by atomic mass is 10.1. The van der Waals surface area contributed by atoms with Crippen molar-refractivity contribution in [3.05, 3.63) is 30.0 Å². The summed E-state index contributed by atoms with van der Waals surface area (Å²) >= 11 is 0. The monoisotopic (exact) mass is 205 g/mol. The van der Waals surface area contributed by atoms with Crippen molar-refractivity contribution < 1.29 is 9.84 Å². The standard InChI is InChI=1S/C10H11N3O2/c1-15-8-4-2-7(3-5-8)10-9(6-14)11-13-12-10/h2-5,14H,6H2,1H3,(H,11,12,13). The lowest BCUT2D eigenvalue weighted by molar-refractivity contribution is 0.277. The van der Waals surface area contributed by atoms with Crippen molar-refractivity contribution >= 4 is 0 Å². The summed E-state index contributed by atoms with van der Waals surface area (Å²) in [6.45, 7) is -0.127. The summed E-state index contributed by atoms with van der Waals surface area (Å²) in [6, 6.07) is 7.42. The van der Waals surface area contributed by atoms with Gasteiger partial charge in [-0.15, -0.1) is 0 Å². The molecule has 0 amide bonds. The van der Waals surface area contributed by atoms with Gasteiger partial charge < -0.3 is 9.84 Å². The molecule has 5 nitrogen and oxygen atoms in total. The largest absolute Gasteiger partial charge is 0.497 e. The first-order chi connectivity index (χ1) is 7.35. The predicted octanol–water partition coefficient (Wildman–Crippen LogP) is 0.973. The molecule has 0 bridgehead atoms. The summed E-state index contributed by atoms with van der Waals surface area (Å²) in [7, 11) is 1.62. The third-order valence-electron chi connectivity index (χ3n) is 2.13. The Morgan fingerprint density at radius 1 is 1.27 bits per heavy atom. The summed E-state index contributed by atoms with van der Waals surface area (Å²) < 4.78 is 5.05. The number of nitrogens with zero attached hydrogens (tertiary/aromatic N) is 2. The molecule has 1 aromatic heterocycles. The average Bonchev–Trinajstić information content (AvgIpc) is 2.77.